The molecule has 0 saturated carbocycles. The van der Waals surface area contributed by atoms with Gasteiger partial charge in [0.1, 0.15) is 0 Å². The number of aryl methyl sites for hydroxylation is 1. The van der Waals surface area contributed by atoms with Gasteiger partial charge in [-0.15, -0.1) is 11.8 Å². The highest BCUT2D eigenvalue weighted by Gasteiger charge is 2.36. The molecule has 4 rings (SSSR count). The molecule has 3 aromatic carbocycles. The third-order valence-electron chi connectivity index (χ3n) is 5.01. The number of hydrogen-bond acceptors (Lipinski definition) is 1. The van der Waals surface area contributed by atoms with Crippen LogP contribution in [0.5, 0.6) is 0 Å². The van der Waals surface area contributed by atoms with Gasteiger partial charge >= 0.3 is 0 Å². The fourth-order valence-electron chi connectivity index (χ4n) is 3.54. The van der Waals surface area contributed by atoms with Crippen LogP contribution in [0.1, 0.15) is 28.7 Å². The van der Waals surface area contributed by atoms with Gasteiger partial charge in [0, 0.05) is 5.75 Å². The Bertz CT molecular complexity index is 821. The molecule has 1 heteroatoms. The molecule has 1 aliphatic rings. The first-order chi connectivity index (χ1) is 12.3. The van der Waals surface area contributed by atoms with Crippen molar-refractivity contribution in [3.8, 4) is 0 Å². The second-order valence-electron chi connectivity index (χ2n) is 6.65. The summed E-state index contributed by atoms with van der Waals surface area (Å²) >= 11 is 2.06. The van der Waals surface area contributed by atoms with Gasteiger partial charge in [-0.05, 0) is 35.6 Å². The number of allylic oxidation sites excluding steroid dienone is 1. The molecule has 0 unspecified atom stereocenters. The third-order valence-corrected chi connectivity index (χ3v) is 6.60. The van der Waals surface area contributed by atoms with Gasteiger partial charge in [-0.3, -0.25) is 0 Å². The zero-order valence-electron chi connectivity index (χ0n) is 14.5. The second kappa shape index (κ2) is 6.93. The first-order valence-electron chi connectivity index (χ1n) is 8.79. The van der Waals surface area contributed by atoms with E-state index in [4.69, 9.17) is 0 Å². The van der Waals surface area contributed by atoms with Crippen LogP contribution in [-0.4, -0.2) is 5.75 Å². The van der Waals surface area contributed by atoms with E-state index in [9.17, 15) is 0 Å². The van der Waals surface area contributed by atoms with Crippen LogP contribution in [0.15, 0.2) is 91.0 Å². The molecular weight excluding hydrogens is 320 g/mol. The highest BCUT2D eigenvalue weighted by molar-refractivity contribution is 8.00. The highest BCUT2D eigenvalue weighted by atomic mass is 32.2. The standard InChI is InChI=1S/C24H22S/c1-19-12-14-20(15-13-19)21-16-17-24(25-18-21,22-8-4-2-5-9-22)23-10-6-3-7-11-23/h2-16H,17-18H2,1H3. The molecule has 0 radical (unpaired) electrons. The van der Waals surface area contributed by atoms with Crippen LogP contribution in [0.3, 0.4) is 0 Å². The van der Waals surface area contributed by atoms with E-state index >= 15 is 0 Å². The molecule has 0 amide bonds. The Balaban J connectivity index is 1.74. The third kappa shape index (κ3) is 3.17. The van der Waals surface area contributed by atoms with Crippen molar-refractivity contribution in [2.75, 3.05) is 5.75 Å². The van der Waals surface area contributed by atoms with E-state index in [1.165, 1.54) is 27.8 Å². The molecule has 0 aromatic heterocycles. The Morgan fingerprint density at radius 1 is 0.720 bits per heavy atom. The second-order valence-corrected chi connectivity index (χ2v) is 7.92. The van der Waals surface area contributed by atoms with Crippen molar-refractivity contribution in [1.82, 2.24) is 0 Å². The molecular formula is C24H22S. The smallest absolute Gasteiger partial charge is 0.0694 e. The fraction of sp³-hybridized carbons (Fsp3) is 0.167. The summed E-state index contributed by atoms with van der Waals surface area (Å²) in [7, 11) is 0. The minimum absolute atomic E-state index is 0.0106. The van der Waals surface area contributed by atoms with Gasteiger partial charge in [-0.2, -0.15) is 0 Å². The highest BCUT2D eigenvalue weighted by Crippen LogP contribution is 2.50. The van der Waals surface area contributed by atoms with Crippen LogP contribution in [0, 0.1) is 6.92 Å². The van der Waals surface area contributed by atoms with Crippen LogP contribution < -0.4 is 0 Å². The molecule has 0 saturated heterocycles. The summed E-state index contributed by atoms with van der Waals surface area (Å²) < 4.78 is 0.0106. The minimum atomic E-state index is 0.0106. The lowest BCUT2D eigenvalue weighted by Crippen LogP contribution is -2.26. The van der Waals surface area contributed by atoms with E-state index in [2.05, 4.69) is 110 Å². The van der Waals surface area contributed by atoms with E-state index in [1.54, 1.807) is 0 Å². The SMILES string of the molecule is Cc1ccc(C2=CCC(c3ccccc3)(c3ccccc3)SC2)cc1. The van der Waals surface area contributed by atoms with Crippen LogP contribution in [-0.2, 0) is 4.75 Å². The van der Waals surface area contributed by atoms with Gasteiger partial charge < -0.3 is 0 Å². The number of thioether (sulfide) groups is 1. The van der Waals surface area contributed by atoms with Crippen LogP contribution in [0.4, 0.5) is 0 Å². The number of benzene rings is 3. The summed E-state index contributed by atoms with van der Waals surface area (Å²) in [6, 6.07) is 30.8. The molecule has 0 atom stereocenters. The molecule has 25 heavy (non-hydrogen) atoms. The molecule has 0 nitrogen and oxygen atoms in total. The summed E-state index contributed by atoms with van der Waals surface area (Å²) in [5.74, 6) is 1.03. The van der Waals surface area contributed by atoms with Crippen molar-refractivity contribution < 1.29 is 0 Å². The maximum Gasteiger partial charge on any atom is 0.0694 e. The lowest BCUT2D eigenvalue weighted by molar-refractivity contribution is 0.751. The van der Waals surface area contributed by atoms with Gasteiger partial charge in [0.25, 0.3) is 0 Å². The monoisotopic (exact) mass is 342 g/mol. The lowest BCUT2D eigenvalue weighted by Gasteiger charge is -2.37. The van der Waals surface area contributed by atoms with Gasteiger partial charge in [0.05, 0.1) is 4.75 Å². The fourth-order valence-corrected chi connectivity index (χ4v) is 5.03. The summed E-state index contributed by atoms with van der Waals surface area (Å²) in [6.45, 7) is 2.14. The molecule has 0 N–H and O–H groups in total. The van der Waals surface area contributed by atoms with Crippen molar-refractivity contribution in [2.45, 2.75) is 18.1 Å². The molecule has 1 heterocycles. The van der Waals surface area contributed by atoms with Gasteiger partial charge in [-0.25, -0.2) is 0 Å². The maximum absolute atomic E-state index is 2.45. The molecule has 0 bridgehead atoms. The lowest BCUT2D eigenvalue weighted by atomic mass is 9.86. The van der Waals surface area contributed by atoms with E-state index in [0.717, 1.165) is 12.2 Å². The van der Waals surface area contributed by atoms with E-state index in [-0.39, 0.29) is 4.75 Å². The van der Waals surface area contributed by atoms with Crippen molar-refractivity contribution in [3.05, 3.63) is 113 Å². The van der Waals surface area contributed by atoms with Crippen molar-refractivity contribution in [3.63, 3.8) is 0 Å². The summed E-state index contributed by atoms with van der Waals surface area (Å²) in [6.07, 6.45) is 3.47. The normalized spacial score (nSPS) is 16.3. The van der Waals surface area contributed by atoms with Crippen LogP contribution >= 0.6 is 11.8 Å². The van der Waals surface area contributed by atoms with Crippen LogP contribution in [0.25, 0.3) is 5.57 Å². The van der Waals surface area contributed by atoms with Crippen molar-refractivity contribution in [1.29, 1.82) is 0 Å². The Hall–Kier alpha value is -2.25. The Kier molecular flexibility index (Phi) is 4.50. The van der Waals surface area contributed by atoms with Crippen molar-refractivity contribution in [2.24, 2.45) is 0 Å². The predicted octanol–water partition coefficient (Wildman–Crippen LogP) is 6.46. The van der Waals surface area contributed by atoms with Gasteiger partial charge in [-0.1, -0.05) is 96.6 Å². The Morgan fingerprint density at radius 3 is 1.76 bits per heavy atom. The van der Waals surface area contributed by atoms with Crippen LogP contribution in [0.2, 0.25) is 0 Å². The zero-order valence-corrected chi connectivity index (χ0v) is 15.3. The molecule has 0 aliphatic carbocycles. The Morgan fingerprint density at radius 2 is 1.28 bits per heavy atom. The number of hydrogen-bond donors (Lipinski definition) is 0. The molecule has 1 aliphatic heterocycles. The average Bonchev–Trinajstić information content (AvgIpc) is 2.70. The molecule has 0 fully saturated rings. The molecule has 0 spiro atoms. The molecule has 3 aromatic rings. The topological polar surface area (TPSA) is 0 Å². The summed E-state index contributed by atoms with van der Waals surface area (Å²) in [5.41, 5.74) is 6.91. The van der Waals surface area contributed by atoms with E-state index in [1.807, 2.05) is 0 Å². The molecule has 124 valence electrons. The Labute approximate surface area is 154 Å². The number of rotatable bonds is 3. The first kappa shape index (κ1) is 16.2. The quantitative estimate of drug-likeness (QED) is 0.526. The average molecular weight is 343 g/mol. The van der Waals surface area contributed by atoms with Gasteiger partial charge in [0.15, 0.2) is 0 Å². The first-order valence-corrected chi connectivity index (χ1v) is 9.78. The summed E-state index contributed by atoms with van der Waals surface area (Å²) in [5, 5.41) is 0. The summed E-state index contributed by atoms with van der Waals surface area (Å²) in [4.78, 5) is 0. The predicted molar refractivity (Wildman–Crippen MR) is 110 cm³/mol. The van der Waals surface area contributed by atoms with Gasteiger partial charge in [0.2, 0.25) is 0 Å². The van der Waals surface area contributed by atoms with E-state index in [0.29, 0.717) is 0 Å². The van der Waals surface area contributed by atoms with E-state index < -0.39 is 0 Å². The zero-order chi connectivity index (χ0) is 17.1. The maximum atomic E-state index is 2.45. The van der Waals surface area contributed by atoms with Crippen molar-refractivity contribution >= 4 is 17.3 Å². The minimum Gasteiger partial charge on any atom is -0.140 e. The largest absolute Gasteiger partial charge is 0.140 e.